The molecule has 1 saturated carbocycles. The van der Waals surface area contributed by atoms with Crippen LogP contribution in [-0.2, 0) is 0 Å². The van der Waals surface area contributed by atoms with Crippen molar-refractivity contribution in [2.24, 2.45) is 5.92 Å². The normalized spacial score (nSPS) is 39.2. The Bertz CT molecular complexity index is 186. The van der Waals surface area contributed by atoms with Crippen LogP contribution in [-0.4, -0.2) is 29.8 Å². The summed E-state index contributed by atoms with van der Waals surface area (Å²) in [6, 6.07) is 0.721. The minimum atomic E-state index is -0.504. The van der Waals surface area contributed by atoms with Crippen LogP contribution in [0.5, 0.6) is 0 Å². The molecule has 100 valence electrons. The van der Waals surface area contributed by atoms with E-state index in [4.69, 9.17) is 0 Å². The average Bonchev–Trinajstić information content (AvgIpc) is 2.34. The Hall–Kier alpha value is 0.240. The Balaban J connectivity index is 1.54. The smallest absolute Gasteiger partial charge is 0.100 e. The Morgan fingerprint density at radius 3 is 2.53 bits per heavy atom. The van der Waals surface area contributed by atoms with Crippen LogP contribution in [0, 0.1) is 5.92 Å². The Morgan fingerprint density at radius 2 is 1.88 bits per heavy atom. The molecule has 0 aromatic carbocycles. The number of alkyl halides is 1. The van der Waals surface area contributed by atoms with Crippen LogP contribution in [0.25, 0.3) is 0 Å². The molecule has 1 aliphatic carbocycles. The van der Waals surface area contributed by atoms with Crippen molar-refractivity contribution in [3.8, 4) is 0 Å². The van der Waals surface area contributed by atoms with Crippen molar-refractivity contribution in [2.45, 2.75) is 69.3 Å². The zero-order valence-electron chi connectivity index (χ0n) is 11.0. The highest BCUT2D eigenvalue weighted by Gasteiger charge is 2.22. The van der Waals surface area contributed by atoms with E-state index in [9.17, 15) is 4.39 Å². The van der Waals surface area contributed by atoms with Crippen LogP contribution < -0.4 is 5.32 Å². The zero-order chi connectivity index (χ0) is 12.1. The molecule has 17 heavy (non-hydrogen) atoms. The van der Waals surface area contributed by atoms with Crippen LogP contribution in [0.2, 0.25) is 0 Å². The highest BCUT2D eigenvalue weighted by molar-refractivity contribution is 7.99. The van der Waals surface area contributed by atoms with Gasteiger partial charge >= 0.3 is 0 Å². The molecule has 0 spiro atoms. The Morgan fingerprint density at radius 1 is 1.12 bits per heavy atom. The Labute approximate surface area is 109 Å². The molecule has 2 atom stereocenters. The molecule has 2 aliphatic rings. The van der Waals surface area contributed by atoms with Gasteiger partial charge in [0.25, 0.3) is 0 Å². The molecule has 3 heteroatoms. The molecule has 1 nitrogen and oxygen atoms in total. The van der Waals surface area contributed by atoms with E-state index in [0.717, 1.165) is 42.9 Å². The summed E-state index contributed by atoms with van der Waals surface area (Å²) in [5.41, 5.74) is 0. The van der Waals surface area contributed by atoms with Gasteiger partial charge in [-0.1, -0.05) is 0 Å². The van der Waals surface area contributed by atoms with Crippen LogP contribution in [0.3, 0.4) is 0 Å². The molecular formula is C14H26FNS. The molecule has 0 aromatic rings. The maximum Gasteiger partial charge on any atom is 0.100 e. The lowest BCUT2D eigenvalue weighted by Crippen LogP contribution is -2.37. The number of nitrogens with one attached hydrogen (secondary N) is 1. The fraction of sp³-hybridized carbons (Fsp3) is 1.00. The summed E-state index contributed by atoms with van der Waals surface area (Å²) in [4.78, 5) is 0. The fourth-order valence-electron chi connectivity index (χ4n) is 2.89. The van der Waals surface area contributed by atoms with Gasteiger partial charge in [-0.2, -0.15) is 11.8 Å². The van der Waals surface area contributed by atoms with Gasteiger partial charge in [-0.05, 0) is 70.1 Å². The van der Waals surface area contributed by atoms with Crippen LogP contribution >= 0.6 is 11.8 Å². The lowest BCUT2D eigenvalue weighted by atomic mass is 9.93. The molecule has 1 aliphatic heterocycles. The maximum atomic E-state index is 13.0. The predicted molar refractivity (Wildman–Crippen MR) is 74.4 cm³/mol. The number of thioether (sulfide) groups is 1. The maximum absolute atomic E-state index is 13.0. The number of halogens is 1. The van der Waals surface area contributed by atoms with Gasteiger partial charge in [0.1, 0.15) is 6.17 Å². The van der Waals surface area contributed by atoms with Gasteiger partial charge in [0.15, 0.2) is 0 Å². The van der Waals surface area contributed by atoms with E-state index < -0.39 is 6.17 Å². The quantitative estimate of drug-likeness (QED) is 0.824. The zero-order valence-corrected chi connectivity index (χ0v) is 11.8. The third-order valence-electron chi connectivity index (χ3n) is 4.25. The van der Waals surface area contributed by atoms with E-state index in [0.29, 0.717) is 0 Å². The molecule has 2 unspecified atom stereocenters. The Kier molecular flexibility index (Phi) is 5.61. The second-order valence-corrected chi connectivity index (χ2v) is 7.19. The molecule has 0 radical (unpaired) electrons. The van der Waals surface area contributed by atoms with E-state index >= 15 is 0 Å². The molecule has 2 rings (SSSR count). The summed E-state index contributed by atoms with van der Waals surface area (Å²) < 4.78 is 13.0. The summed E-state index contributed by atoms with van der Waals surface area (Å²) >= 11 is 2.10. The average molecular weight is 259 g/mol. The van der Waals surface area contributed by atoms with Gasteiger partial charge in [0.05, 0.1) is 0 Å². The predicted octanol–water partition coefficient (Wildman–Crippen LogP) is 3.78. The fourth-order valence-corrected chi connectivity index (χ4v) is 4.30. The number of hydrogen-bond donors (Lipinski definition) is 1. The van der Waals surface area contributed by atoms with Crippen molar-refractivity contribution in [2.75, 3.05) is 12.3 Å². The lowest BCUT2D eigenvalue weighted by molar-refractivity contribution is 0.255. The largest absolute Gasteiger partial charge is 0.314 e. The first-order chi connectivity index (χ1) is 8.24. The molecule has 1 saturated heterocycles. The molecule has 0 aromatic heterocycles. The van der Waals surface area contributed by atoms with E-state index in [2.05, 4.69) is 24.0 Å². The van der Waals surface area contributed by atoms with Gasteiger partial charge in [0.2, 0.25) is 0 Å². The molecule has 1 heterocycles. The molecule has 0 amide bonds. The molecular weight excluding hydrogens is 233 g/mol. The molecule has 1 N–H and O–H groups in total. The molecule has 0 bridgehead atoms. The first kappa shape index (κ1) is 13.7. The van der Waals surface area contributed by atoms with Crippen LogP contribution in [0.1, 0.15) is 51.9 Å². The first-order valence-electron chi connectivity index (χ1n) is 7.23. The van der Waals surface area contributed by atoms with Gasteiger partial charge in [-0.15, -0.1) is 0 Å². The number of piperidine rings is 1. The third-order valence-corrected chi connectivity index (χ3v) is 5.66. The number of rotatable bonds is 4. The van der Waals surface area contributed by atoms with Crippen molar-refractivity contribution in [3.63, 3.8) is 0 Å². The van der Waals surface area contributed by atoms with Crippen LogP contribution in [0.15, 0.2) is 0 Å². The third kappa shape index (κ3) is 4.78. The summed E-state index contributed by atoms with van der Waals surface area (Å²) in [5, 5.41) is 4.32. The summed E-state index contributed by atoms with van der Waals surface area (Å²) in [6.45, 7) is 3.49. The second kappa shape index (κ2) is 6.98. The van der Waals surface area contributed by atoms with Gasteiger partial charge in [-0.25, -0.2) is 4.39 Å². The molecule has 2 fully saturated rings. The van der Waals surface area contributed by atoms with Crippen LogP contribution in [0.4, 0.5) is 4.39 Å². The van der Waals surface area contributed by atoms with Crippen molar-refractivity contribution in [1.29, 1.82) is 0 Å². The second-order valence-electron chi connectivity index (χ2n) is 5.79. The summed E-state index contributed by atoms with van der Waals surface area (Å²) in [7, 11) is 0. The first-order valence-corrected chi connectivity index (χ1v) is 8.28. The van der Waals surface area contributed by atoms with Crippen molar-refractivity contribution in [1.82, 2.24) is 5.32 Å². The summed E-state index contributed by atoms with van der Waals surface area (Å²) in [5.74, 6) is 2.17. The van der Waals surface area contributed by atoms with Gasteiger partial charge in [0, 0.05) is 11.3 Å². The standard InChI is InChI=1S/C14H26FNS/c1-11-2-3-12(10-16-11)8-9-17-14-6-4-13(15)5-7-14/h11-14,16H,2-10H2,1H3. The van der Waals surface area contributed by atoms with Gasteiger partial charge < -0.3 is 5.32 Å². The van der Waals surface area contributed by atoms with E-state index in [1.54, 1.807) is 0 Å². The van der Waals surface area contributed by atoms with Crippen molar-refractivity contribution >= 4 is 11.8 Å². The highest BCUT2D eigenvalue weighted by atomic mass is 32.2. The number of hydrogen-bond acceptors (Lipinski definition) is 2. The van der Waals surface area contributed by atoms with Crippen molar-refractivity contribution < 1.29 is 4.39 Å². The van der Waals surface area contributed by atoms with E-state index in [-0.39, 0.29) is 0 Å². The minimum Gasteiger partial charge on any atom is -0.314 e. The minimum absolute atomic E-state index is 0.504. The highest BCUT2D eigenvalue weighted by Crippen LogP contribution is 2.31. The van der Waals surface area contributed by atoms with Crippen molar-refractivity contribution in [3.05, 3.63) is 0 Å². The topological polar surface area (TPSA) is 12.0 Å². The monoisotopic (exact) mass is 259 g/mol. The van der Waals surface area contributed by atoms with Gasteiger partial charge in [-0.3, -0.25) is 0 Å². The van der Waals surface area contributed by atoms with E-state index in [1.807, 2.05) is 0 Å². The summed E-state index contributed by atoms with van der Waals surface area (Å²) in [6.07, 6.45) is 7.39. The van der Waals surface area contributed by atoms with E-state index in [1.165, 1.54) is 31.6 Å². The SMILES string of the molecule is CC1CCC(CCSC2CCC(F)CC2)CN1. The lowest BCUT2D eigenvalue weighted by Gasteiger charge is -2.28.